The van der Waals surface area contributed by atoms with Crippen LogP contribution in [0.5, 0.6) is 0 Å². The molecule has 0 aliphatic rings. The highest BCUT2D eigenvalue weighted by Gasteiger charge is 2.31. The number of Topliss-reactive ketones (excluding diaryl/α,β-unsaturated/α-hetero) is 2. The second kappa shape index (κ2) is 6.96. The molecular weight excluding hydrogens is 294 g/mol. The number of hydrogen-bond acceptors (Lipinski definition) is 4. The Kier molecular flexibility index (Phi) is 5.01. The third-order valence-corrected chi connectivity index (χ3v) is 3.52. The molecule has 23 heavy (non-hydrogen) atoms. The minimum atomic E-state index is -0.977. The van der Waals surface area contributed by atoms with Crippen LogP contribution in [-0.4, -0.2) is 23.4 Å². The number of imide groups is 1. The number of rotatable bonds is 5. The minimum Gasteiger partial charge on any atom is -0.289 e. The van der Waals surface area contributed by atoms with Crippen molar-refractivity contribution in [3.05, 3.63) is 42.5 Å². The summed E-state index contributed by atoms with van der Waals surface area (Å²) in [5.41, 5.74) is 0.224. The molecule has 0 bridgehead atoms. The molecule has 0 aliphatic carbocycles. The molecule has 0 saturated carbocycles. The smallest absolute Gasteiger partial charge is 0.289 e. The molecule has 2 aromatic carbocycles. The number of hydrogen-bond donors (Lipinski definition) is 0. The maximum absolute atomic E-state index is 12.3. The summed E-state index contributed by atoms with van der Waals surface area (Å²) >= 11 is 0. The lowest BCUT2D eigenvalue weighted by atomic mass is 10.1. The quantitative estimate of drug-likeness (QED) is 0.796. The molecule has 0 atom stereocenters. The monoisotopic (exact) mass is 311 g/mol. The van der Waals surface area contributed by atoms with Gasteiger partial charge >= 0.3 is 11.8 Å². The highest BCUT2D eigenvalue weighted by molar-refractivity contribution is 6.55. The molecule has 0 spiro atoms. The Labute approximate surface area is 133 Å². The molecule has 0 radical (unpaired) electrons. The van der Waals surface area contributed by atoms with Crippen molar-refractivity contribution in [3.8, 4) is 0 Å². The first-order chi connectivity index (χ1) is 11.0. The van der Waals surface area contributed by atoms with Crippen molar-refractivity contribution in [3.63, 3.8) is 0 Å². The Morgan fingerprint density at radius 2 is 1.30 bits per heavy atom. The molecule has 0 unspecified atom stereocenters. The van der Waals surface area contributed by atoms with E-state index in [0.29, 0.717) is 4.90 Å². The summed E-state index contributed by atoms with van der Waals surface area (Å²) in [5, 5.41) is 1.74. The number of nitrogens with zero attached hydrogens (tertiary/aromatic N) is 1. The third-order valence-electron chi connectivity index (χ3n) is 3.52. The van der Waals surface area contributed by atoms with E-state index in [0.717, 1.165) is 10.8 Å². The SMILES string of the molecule is CCC(=O)C(=O)N(C(=O)C(=O)CC)c1ccc2ccccc2c1. The van der Waals surface area contributed by atoms with Crippen molar-refractivity contribution in [1.82, 2.24) is 0 Å². The fraction of sp³-hybridized carbons (Fsp3) is 0.222. The Balaban J connectivity index is 2.54. The number of ketones is 2. The lowest BCUT2D eigenvalue weighted by molar-refractivity contribution is -0.142. The van der Waals surface area contributed by atoms with Gasteiger partial charge in [0.25, 0.3) is 0 Å². The number of amides is 2. The highest BCUT2D eigenvalue weighted by atomic mass is 16.2. The number of anilines is 1. The van der Waals surface area contributed by atoms with Crippen LogP contribution in [0.15, 0.2) is 42.5 Å². The van der Waals surface area contributed by atoms with Crippen LogP contribution >= 0.6 is 0 Å². The largest absolute Gasteiger partial charge is 0.301 e. The van der Waals surface area contributed by atoms with Gasteiger partial charge in [-0.1, -0.05) is 44.2 Å². The second-order valence-electron chi connectivity index (χ2n) is 5.03. The number of carbonyl (C=O) groups is 4. The van der Waals surface area contributed by atoms with Gasteiger partial charge in [0.15, 0.2) is 0 Å². The first-order valence-corrected chi connectivity index (χ1v) is 7.42. The summed E-state index contributed by atoms with van der Waals surface area (Å²) in [6.07, 6.45) is -0.0625. The van der Waals surface area contributed by atoms with Crippen LogP contribution < -0.4 is 4.90 Å². The lowest BCUT2D eigenvalue weighted by Crippen LogP contribution is -2.44. The van der Waals surface area contributed by atoms with E-state index in [1.165, 1.54) is 13.8 Å². The molecule has 0 N–H and O–H groups in total. The fourth-order valence-electron chi connectivity index (χ4n) is 2.19. The van der Waals surface area contributed by atoms with Crippen molar-refractivity contribution >= 4 is 39.8 Å². The predicted octanol–water partition coefficient (Wildman–Crippen LogP) is 2.66. The molecule has 2 rings (SSSR count). The molecule has 2 aromatic rings. The van der Waals surface area contributed by atoms with E-state index >= 15 is 0 Å². The van der Waals surface area contributed by atoms with Crippen molar-refractivity contribution in [2.45, 2.75) is 26.7 Å². The van der Waals surface area contributed by atoms with Crippen molar-refractivity contribution in [2.24, 2.45) is 0 Å². The van der Waals surface area contributed by atoms with E-state index in [4.69, 9.17) is 0 Å². The van der Waals surface area contributed by atoms with Gasteiger partial charge < -0.3 is 0 Å². The zero-order valence-corrected chi connectivity index (χ0v) is 13.0. The lowest BCUT2D eigenvalue weighted by Gasteiger charge is -2.19. The van der Waals surface area contributed by atoms with Gasteiger partial charge in [-0.2, -0.15) is 0 Å². The summed E-state index contributed by atoms with van der Waals surface area (Å²) < 4.78 is 0. The van der Waals surface area contributed by atoms with Crippen molar-refractivity contribution in [1.29, 1.82) is 0 Å². The topological polar surface area (TPSA) is 71.5 Å². The van der Waals surface area contributed by atoms with E-state index in [2.05, 4.69) is 0 Å². The molecule has 5 nitrogen and oxygen atoms in total. The van der Waals surface area contributed by atoms with Gasteiger partial charge in [-0.05, 0) is 22.9 Å². The maximum Gasteiger partial charge on any atom is 0.301 e. The minimum absolute atomic E-state index is 0.0312. The van der Waals surface area contributed by atoms with Crippen molar-refractivity contribution < 1.29 is 19.2 Å². The molecule has 0 fully saturated rings. The van der Waals surface area contributed by atoms with Gasteiger partial charge in [-0.25, -0.2) is 4.90 Å². The van der Waals surface area contributed by atoms with Gasteiger partial charge in [0.05, 0.1) is 5.69 Å². The average Bonchev–Trinajstić information content (AvgIpc) is 2.60. The molecule has 0 aromatic heterocycles. The van der Waals surface area contributed by atoms with Crippen molar-refractivity contribution in [2.75, 3.05) is 4.90 Å². The van der Waals surface area contributed by atoms with E-state index in [-0.39, 0.29) is 18.5 Å². The summed E-state index contributed by atoms with van der Waals surface area (Å²) in [6, 6.07) is 12.3. The Morgan fingerprint density at radius 1 is 0.783 bits per heavy atom. The molecule has 0 heterocycles. The molecule has 2 amide bonds. The molecular formula is C18H17NO4. The van der Waals surface area contributed by atoms with Crippen LogP contribution in [0.2, 0.25) is 0 Å². The normalized spacial score (nSPS) is 10.3. The number of fused-ring (bicyclic) bond motifs is 1. The number of carbonyl (C=O) groups excluding carboxylic acids is 4. The van der Waals surface area contributed by atoms with Gasteiger partial charge in [0.2, 0.25) is 11.6 Å². The average molecular weight is 311 g/mol. The van der Waals surface area contributed by atoms with Crippen LogP contribution in [0, 0.1) is 0 Å². The molecule has 5 heteroatoms. The number of benzene rings is 2. The van der Waals surface area contributed by atoms with E-state index < -0.39 is 23.4 Å². The van der Waals surface area contributed by atoms with E-state index in [9.17, 15) is 19.2 Å². The van der Waals surface area contributed by atoms with Gasteiger partial charge in [0, 0.05) is 12.8 Å². The van der Waals surface area contributed by atoms with E-state index in [1.807, 2.05) is 24.3 Å². The molecule has 0 saturated heterocycles. The van der Waals surface area contributed by atoms with Gasteiger partial charge in [-0.3, -0.25) is 19.2 Å². The van der Waals surface area contributed by atoms with E-state index in [1.54, 1.807) is 18.2 Å². The van der Waals surface area contributed by atoms with Gasteiger partial charge in [0.1, 0.15) is 0 Å². The Bertz CT molecular complexity index is 766. The summed E-state index contributed by atoms with van der Waals surface area (Å²) in [6.45, 7) is 3.07. The van der Waals surface area contributed by atoms with Crippen LogP contribution in [0.1, 0.15) is 26.7 Å². The standard InChI is InChI=1S/C18H17NO4/c1-3-15(20)17(22)19(18(23)16(21)4-2)14-10-9-12-7-5-6-8-13(12)11-14/h5-11H,3-4H2,1-2H3. The van der Waals surface area contributed by atoms with Crippen LogP contribution in [0.4, 0.5) is 5.69 Å². The molecule has 118 valence electrons. The Hall–Kier alpha value is -2.82. The first kappa shape index (κ1) is 16.5. The van der Waals surface area contributed by atoms with Gasteiger partial charge in [-0.15, -0.1) is 0 Å². The first-order valence-electron chi connectivity index (χ1n) is 7.42. The predicted molar refractivity (Wildman–Crippen MR) is 87.0 cm³/mol. The Morgan fingerprint density at radius 3 is 1.83 bits per heavy atom. The summed E-state index contributed by atoms with van der Waals surface area (Å²) in [7, 11) is 0. The highest BCUT2D eigenvalue weighted by Crippen LogP contribution is 2.23. The molecule has 0 aliphatic heterocycles. The third kappa shape index (κ3) is 3.34. The zero-order chi connectivity index (χ0) is 17.0. The van der Waals surface area contributed by atoms with Crippen LogP contribution in [0.3, 0.4) is 0 Å². The maximum atomic E-state index is 12.3. The van der Waals surface area contributed by atoms with Crippen LogP contribution in [-0.2, 0) is 19.2 Å². The summed E-state index contributed by atoms with van der Waals surface area (Å²) in [5.74, 6) is -3.38. The second-order valence-corrected chi connectivity index (χ2v) is 5.03. The zero-order valence-electron chi connectivity index (χ0n) is 13.0. The summed E-state index contributed by atoms with van der Waals surface area (Å²) in [4.78, 5) is 48.7. The fourth-order valence-corrected chi connectivity index (χ4v) is 2.19. The van der Waals surface area contributed by atoms with Crippen LogP contribution in [0.25, 0.3) is 10.8 Å².